The second-order valence-corrected chi connectivity index (χ2v) is 4.70. The molecule has 0 radical (unpaired) electrons. The zero-order chi connectivity index (χ0) is 11.5. The van der Waals surface area contributed by atoms with Gasteiger partial charge in [0, 0.05) is 26.4 Å². The maximum Gasteiger partial charge on any atom is 0.273 e. The Morgan fingerprint density at radius 2 is 2.62 bits per heavy atom. The van der Waals surface area contributed by atoms with Gasteiger partial charge in [0.15, 0.2) is 5.69 Å². The summed E-state index contributed by atoms with van der Waals surface area (Å²) in [6.45, 7) is 1.36. The van der Waals surface area contributed by atoms with Crippen molar-refractivity contribution in [2.75, 3.05) is 13.2 Å². The van der Waals surface area contributed by atoms with Crippen LogP contribution in [0.1, 0.15) is 23.3 Å². The van der Waals surface area contributed by atoms with E-state index in [0.29, 0.717) is 16.7 Å². The van der Waals surface area contributed by atoms with E-state index in [4.69, 9.17) is 4.74 Å². The molecule has 1 N–H and O–H groups in total. The number of carbonyl (C=O) groups excluding carboxylic acids is 1. The molecule has 0 aromatic carbocycles. The number of nitrogens with zero attached hydrogens (tertiary/aromatic N) is 2. The third-order valence-electron chi connectivity index (χ3n) is 2.51. The minimum Gasteiger partial charge on any atom is -0.376 e. The Bertz CT molecular complexity index is 385. The van der Waals surface area contributed by atoms with E-state index in [1.807, 2.05) is 0 Å². The Balaban J connectivity index is 1.90. The summed E-state index contributed by atoms with van der Waals surface area (Å²) in [6, 6.07) is 0. The van der Waals surface area contributed by atoms with E-state index in [1.54, 1.807) is 17.9 Å². The molecular formula is C10H14BrN3O2. The number of rotatable bonds is 3. The van der Waals surface area contributed by atoms with Gasteiger partial charge >= 0.3 is 0 Å². The largest absolute Gasteiger partial charge is 0.376 e. The SMILES string of the molecule is Cn1cc(Br)c(C(=O)NC[C@@H]2CCCO2)n1. The van der Waals surface area contributed by atoms with Crippen molar-refractivity contribution < 1.29 is 9.53 Å². The third kappa shape index (κ3) is 2.62. The number of aromatic nitrogens is 2. The minimum atomic E-state index is -0.164. The highest BCUT2D eigenvalue weighted by Crippen LogP contribution is 2.14. The number of hydrogen-bond donors (Lipinski definition) is 1. The van der Waals surface area contributed by atoms with Gasteiger partial charge in [-0.1, -0.05) is 0 Å². The highest BCUT2D eigenvalue weighted by atomic mass is 79.9. The number of nitrogens with one attached hydrogen (secondary N) is 1. The van der Waals surface area contributed by atoms with E-state index in [-0.39, 0.29) is 12.0 Å². The van der Waals surface area contributed by atoms with Crippen molar-refractivity contribution in [1.29, 1.82) is 0 Å². The predicted molar refractivity (Wildman–Crippen MR) is 62.2 cm³/mol. The van der Waals surface area contributed by atoms with Gasteiger partial charge in [-0.05, 0) is 28.8 Å². The Morgan fingerprint density at radius 3 is 3.19 bits per heavy atom. The quantitative estimate of drug-likeness (QED) is 0.906. The molecule has 1 aliphatic heterocycles. The fraction of sp³-hybridized carbons (Fsp3) is 0.600. The molecular weight excluding hydrogens is 274 g/mol. The lowest BCUT2D eigenvalue weighted by Gasteiger charge is -2.09. The van der Waals surface area contributed by atoms with E-state index in [1.165, 1.54) is 0 Å². The maximum atomic E-state index is 11.8. The van der Waals surface area contributed by atoms with Crippen molar-refractivity contribution in [3.8, 4) is 0 Å². The topological polar surface area (TPSA) is 56.2 Å². The van der Waals surface area contributed by atoms with Gasteiger partial charge in [-0.25, -0.2) is 0 Å². The number of aryl methyl sites for hydroxylation is 1. The first-order valence-corrected chi connectivity index (χ1v) is 6.05. The van der Waals surface area contributed by atoms with Crippen LogP contribution < -0.4 is 5.32 Å². The lowest BCUT2D eigenvalue weighted by Crippen LogP contribution is -2.32. The molecule has 0 bridgehead atoms. The Hall–Kier alpha value is -0.880. The number of ether oxygens (including phenoxy) is 1. The van der Waals surface area contributed by atoms with Gasteiger partial charge in [0.05, 0.1) is 10.6 Å². The van der Waals surface area contributed by atoms with Gasteiger partial charge in [0.2, 0.25) is 0 Å². The third-order valence-corrected chi connectivity index (χ3v) is 3.09. The van der Waals surface area contributed by atoms with Crippen LogP contribution in [-0.2, 0) is 11.8 Å². The predicted octanol–water partition coefficient (Wildman–Crippen LogP) is 1.09. The van der Waals surface area contributed by atoms with Gasteiger partial charge in [-0.2, -0.15) is 5.10 Å². The molecule has 1 saturated heterocycles. The Kier molecular flexibility index (Phi) is 3.60. The lowest BCUT2D eigenvalue weighted by molar-refractivity contribution is 0.0852. The molecule has 1 fully saturated rings. The van der Waals surface area contributed by atoms with E-state index in [9.17, 15) is 4.79 Å². The highest BCUT2D eigenvalue weighted by molar-refractivity contribution is 9.10. The molecule has 5 nitrogen and oxygen atoms in total. The number of amides is 1. The second-order valence-electron chi connectivity index (χ2n) is 3.84. The maximum absolute atomic E-state index is 11.8. The molecule has 1 aliphatic rings. The summed E-state index contributed by atoms with van der Waals surface area (Å²) in [5, 5.41) is 6.90. The van der Waals surface area contributed by atoms with Gasteiger partial charge in [-0.15, -0.1) is 0 Å². The second kappa shape index (κ2) is 4.97. The summed E-state index contributed by atoms with van der Waals surface area (Å²) in [5.74, 6) is -0.164. The van der Waals surface area contributed by atoms with Crippen molar-refractivity contribution in [3.63, 3.8) is 0 Å². The molecule has 1 amide bonds. The average molecular weight is 288 g/mol. The summed E-state index contributed by atoms with van der Waals surface area (Å²) in [4.78, 5) is 11.8. The average Bonchev–Trinajstić information content (AvgIpc) is 2.84. The molecule has 0 spiro atoms. The van der Waals surface area contributed by atoms with E-state index in [2.05, 4.69) is 26.3 Å². The summed E-state index contributed by atoms with van der Waals surface area (Å²) in [7, 11) is 1.78. The molecule has 0 unspecified atom stereocenters. The van der Waals surface area contributed by atoms with Gasteiger partial charge in [0.25, 0.3) is 5.91 Å². The highest BCUT2D eigenvalue weighted by Gasteiger charge is 2.19. The monoisotopic (exact) mass is 287 g/mol. The zero-order valence-electron chi connectivity index (χ0n) is 9.07. The molecule has 2 rings (SSSR count). The molecule has 2 heterocycles. The molecule has 1 aromatic heterocycles. The van der Waals surface area contributed by atoms with Gasteiger partial charge in [0.1, 0.15) is 0 Å². The van der Waals surface area contributed by atoms with Crippen molar-refractivity contribution in [2.45, 2.75) is 18.9 Å². The molecule has 1 aromatic rings. The first kappa shape index (κ1) is 11.6. The number of carbonyl (C=O) groups is 1. The fourth-order valence-corrected chi connectivity index (χ4v) is 2.26. The smallest absolute Gasteiger partial charge is 0.273 e. The van der Waals surface area contributed by atoms with Crippen LogP contribution in [0.2, 0.25) is 0 Å². The van der Waals surface area contributed by atoms with Crippen LogP contribution in [0.15, 0.2) is 10.7 Å². The van der Waals surface area contributed by atoms with Crippen LogP contribution >= 0.6 is 15.9 Å². The number of halogens is 1. The molecule has 16 heavy (non-hydrogen) atoms. The Morgan fingerprint density at radius 1 is 1.81 bits per heavy atom. The van der Waals surface area contributed by atoms with Crippen LogP contribution in [0, 0.1) is 0 Å². The summed E-state index contributed by atoms with van der Waals surface area (Å²) in [6.07, 6.45) is 4.00. The van der Waals surface area contributed by atoms with Gasteiger partial charge in [-0.3, -0.25) is 9.48 Å². The van der Waals surface area contributed by atoms with Crippen molar-refractivity contribution >= 4 is 21.8 Å². The van der Waals surface area contributed by atoms with Crippen LogP contribution in [-0.4, -0.2) is 34.9 Å². The van der Waals surface area contributed by atoms with E-state index in [0.717, 1.165) is 19.4 Å². The number of hydrogen-bond acceptors (Lipinski definition) is 3. The molecule has 0 saturated carbocycles. The van der Waals surface area contributed by atoms with Crippen LogP contribution in [0.4, 0.5) is 0 Å². The Labute approximate surface area is 102 Å². The van der Waals surface area contributed by atoms with E-state index < -0.39 is 0 Å². The normalized spacial score (nSPS) is 20.0. The molecule has 6 heteroatoms. The zero-order valence-corrected chi connectivity index (χ0v) is 10.7. The van der Waals surface area contributed by atoms with E-state index >= 15 is 0 Å². The van der Waals surface area contributed by atoms with Crippen LogP contribution in [0.5, 0.6) is 0 Å². The first-order valence-electron chi connectivity index (χ1n) is 5.26. The molecule has 1 atom stereocenters. The fourth-order valence-electron chi connectivity index (χ4n) is 1.71. The molecule has 0 aliphatic carbocycles. The van der Waals surface area contributed by atoms with Crippen molar-refractivity contribution in [3.05, 3.63) is 16.4 Å². The van der Waals surface area contributed by atoms with Crippen molar-refractivity contribution in [1.82, 2.24) is 15.1 Å². The standard InChI is InChI=1S/C10H14BrN3O2/c1-14-6-8(11)9(13-14)10(15)12-5-7-3-2-4-16-7/h6-7H,2-5H2,1H3,(H,12,15)/t7-/m0/s1. The molecule has 88 valence electrons. The summed E-state index contributed by atoms with van der Waals surface area (Å²) < 4.78 is 7.73. The van der Waals surface area contributed by atoms with Crippen LogP contribution in [0.25, 0.3) is 0 Å². The minimum absolute atomic E-state index is 0.159. The first-order chi connectivity index (χ1) is 7.66. The summed E-state index contributed by atoms with van der Waals surface area (Å²) in [5.41, 5.74) is 0.417. The van der Waals surface area contributed by atoms with Crippen molar-refractivity contribution in [2.24, 2.45) is 7.05 Å². The lowest BCUT2D eigenvalue weighted by atomic mass is 10.2. The van der Waals surface area contributed by atoms with Gasteiger partial charge < -0.3 is 10.1 Å². The van der Waals surface area contributed by atoms with Crippen LogP contribution in [0.3, 0.4) is 0 Å². The summed E-state index contributed by atoms with van der Waals surface area (Å²) >= 11 is 3.30.